The van der Waals surface area contributed by atoms with E-state index in [4.69, 9.17) is 9.90 Å². The van der Waals surface area contributed by atoms with Gasteiger partial charge in [-0.15, -0.1) is 0 Å². The number of amides is 2. The monoisotopic (exact) mass is 365 g/mol. The van der Waals surface area contributed by atoms with Crippen LogP contribution in [0.3, 0.4) is 0 Å². The van der Waals surface area contributed by atoms with Crippen LogP contribution in [0.25, 0.3) is 0 Å². The summed E-state index contributed by atoms with van der Waals surface area (Å²) in [6, 6.07) is 0.485. The molecule has 1 fully saturated rings. The molecule has 9 heteroatoms. The van der Waals surface area contributed by atoms with Crippen molar-refractivity contribution in [2.24, 2.45) is 0 Å². The molecule has 3 N–H and O–H groups in total. The Labute approximate surface area is 153 Å². The number of hydrogen-bond donors (Lipinski definition) is 3. The fraction of sp³-hybridized carbons (Fsp3) is 0.588. The zero-order valence-electron chi connectivity index (χ0n) is 15.7. The molecule has 2 rings (SSSR count). The Bertz CT molecular complexity index is 617. The van der Waals surface area contributed by atoms with Gasteiger partial charge in [0, 0.05) is 32.1 Å². The van der Waals surface area contributed by atoms with Crippen LogP contribution >= 0.6 is 0 Å². The maximum absolute atomic E-state index is 12.4. The minimum Gasteiger partial charge on any atom is -0.483 e. The summed E-state index contributed by atoms with van der Waals surface area (Å²) in [6.45, 7) is 3.93. The van der Waals surface area contributed by atoms with Crippen molar-refractivity contribution in [3.8, 4) is 0 Å². The maximum atomic E-state index is 12.4. The Morgan fingerprint density at radius 1 is 1.27 bits per heavy atom. The molecule has 0 spiro atoms. The zero-order chi connectivity index (χ0) is 19.7. The molecule has 1 aromatic rings. The number of likely N-dealkylation sites (tertiary alicyclic amines) is 1. The van der Waals surface area contributed by atoms with Crippen LogP contribution in [0.2, 0.25) is 0 Å². The quantitative estimate of drug-likeness (QED) is 0.633. The summed E-state index contributed by atoms with van der Waals surface area (Å²) in [5, 5.41) is 12.5. The predicted octanol–water partition coefficient (Wildman–Crippen LogP) is 0.123. The Hall–Kier alpha value is -2.55. The lowest BCUT2D eigenvalue weighted by Gasteiger charge is -2.25. The van der Waals surface area contributed by atoms with Gasteiger partial charge < -0.3 is 15.7 Å². The molecular formula is C17H27N5O4. The number of rotatable bonds is 5. The third-order valence-electron chi connectivity index (χ3n) is 4.64. The van der Waals surface area contributed by atoms with Gasteiger partial charge in [0.25, 0.3) is 12.4 Å². The van der Waals surface area contributed by atoms with Gasteiger partial charge >= 0.3 is 0 Å². The molecule has 9 nitrogen and oxygen atoms in total. The van der Waals surface area contributed by atoms with E-state index in [0.29, 0.717) is 29.9 Å². The van der Waals surface area contributed by atoms with Crippen LogP contribution in [0.5, 0.6) is 0 Å². The fourth-order valence-corrected chi connectivity index (χ4v) is 3.12. The number of aryl methyl sites for hydroxylation is 2. The number of aromatic nitrogens is 2. The molecule has 0 saturated carbocycles. The van der Waals surface area contributed by atoms with Gasteiger partial charge in [-0.1, -0.05) is 0 Å². The molecule has 0 unspecified atom stereocenters. The summed E-state index contributed by atoms with van der Waals surface area (Å²) >= 11 is 0. The van der Waals surface area contributed by atoms with Crippen molar-refractivity contribution in [1.82, 2.24) is 25.5 Å². The Kier molecular flexibility index (Phi) is 8.63. The summed E-state index contributed by atoms with van der Waals surface area (Å²) in [4.78, 5) is 42.6. The number of carbonyl (C=O) groups is 3. The van der Waals surface area contributed by atoms with Gasteiger partial charge in [0.1, 0.15) is 6.33 Å². The van der Waals surface area contributed by atoms with Crippen LogP contribution in [0.1, 0.15) is 41.0 Å². The SMILES string of the molecule is CNC(=O)C[C@H]1CC[C@@H](CNC(=O)c2c(C)ncnc2C)N1C.O=CO. The summed E-state index contributed by atoms with van der Waals surface area (Å²) in [7, 11) is 3.67. The highest BCUT2D eigenvalue weighted by molar-refractivity contribution is 5.96. The van der Waals surface area contributed by atoms with Gasteiger partial charge in [0.15, 0.2) is 0 Å². The van der Waals surface area contributed by atoms with E-state index >= 15 is 0 Å². The Morgan fingerprint density at radius 2 is 1.81 bits per heavy atom. The normalized spacial score (nSPS) is 19.2. The second-order valence-corrected chi connectivity index (χ2v) is 6.16. The molecule has 144 valence electrons. The summed E-state index contributed by atoms with van der Waals surface area (Å²) in [5.74, 6) is -0.0806. The number of nitrogens with one attached hydrogen (secondary N) is 2. The van der Waals surface area contributed by atoms with Crippen molar-refractivity contribution >= 4 is 18.3 Å². The highest BCUT2D eigenvalue weighted by atomic mass is 16.3. The molecule has 0 aliphatic carbocycles. The van der Waals surface area contributed by atoms with E-state index in [0.717, 1.165) is 12.8 Å². The smallest absolute Gasteiger partial charge is 0.290 e. The van der Waals surface area contributed by atoms with Crippen molar-refractivity contribution in [3.05, 3.63) is 23.3 Å². The lowest BCUT2D eigenvalue weighted by atomic mass is 10.1. The van der Waals surface area contributed by atoms with Crippen LogP contribution in [0, 0.1) is 13.8 Å². The van der Waals surface area contributed by atoms with Crippen molar-refractivity contribution in [2.75, 3.05) is 20.6 Å². The average molecular weight is 365 g/mol. The van der Waals surface area contributed by atoms with Crippen molar-refractivity contribution < 1.29 is 19.5 Å². The van der Waals surface area contributed by atoms with Crippen molar-refractivity contribution in [3.63, 3.8) is 0 Å². The van der Waals surface area contributed by atoms with Gasteiger partial charge in [0.2, 0.25) is 5.91 Å². The second-order valence-electron chi connectivity index (χ2n) is 6.16. The molecular weight excluding hydrogens is 338 g/mol. The first kappa shape index (κ1) is 21.5. The molecule has 0 radical (unpaired) electrons. The van der Waals surface area contributed by atoms with Crippen LogP contribution < -0.4 is 10.6 Å². The largest absolute Gasteiger partial charge is 0.483 e. The van der Waals surface area contributed by atoms with Gasteiger partial charge in [-0.05, 0) is 33.7 Å². The maximum Gasteiger partial charge on any atom is 0.290 e. The molecule has 1 aromatic heterocycles. The van der Waals surface area contributed by atoms with E-state index in [2.05, 4.69) is 25.5 Å². The summed E-state index contributed by atoms with van der Waals surface area (Å²) < 4.78 is 0. The van der Waals surface area contributed by atoms with Crippen LogP contribution in [0.15, 0.2) is 6.33 Å². The van der Waals surface area contributed by atoms with Crippen molar-refractivity contribution in [1.29, 1.82) is 0 Å². The first-order valence-electron chi connectivity index (χ1n) is 8.42. The summed E-state index contributed by atoms with van der Waals surface area (Å²) in [6.07, 6.45) is 3.91. The van der Waals surface area contributed by atoms with Crippen LogP contribution in [0.4, 0.5) is 0 Å². The summed E-state index contributed by atoms with van der Waals surface area (Å²) in [5.41, 5.74) is 1.93. The van der Waals surface area contributed by atoms with Gasteiger partial charge in [-0.25, -0.2) is 9.97 Å². The van der Waals surface area contributed by atoms with Crippen molar-refractivity contribution in [2.45, 2.75) is 45.2 Å². The first-order chi connectivity index (χ1) is 12.3. The van der Waals surface area contributed by atoms with E-state index in [1.54, 1.807) is 7.05 Å². The van der Waals surface area contributed by atoms with E-state index in [1.165, 1.54) is 6.33 Å². The fourth-order valence-electron chi connectivity index (χ4n) is 3.12. The number of carboxylic acid groups (broad SMARTS) is 1. The molecule has 2 heterocycles. The zero-order valence-corrected chi connectivity index (χ0v) is 15.7. The topological polar surface area (TPSA) is 125 Å². The van der Waals surface area contributed by atoms with E-state index in [1.807, 2.05) is 20.9 Å². The van der Waals surface area contributed by atoms with Gasteiger partial charge in [-0.2, -0.15) is 0 Å². The minimum atomic E-state index is -0.250. The van der Waals surface area contributed by atoms with Crippen LogP contribution in [-0.4, -0.2) is 71.0 Å². The highest BCUT2D eigenvalue weighted by Gasteiger charge is 2.31. The van der Waals surface area contributed by atoms with E-state index in [-0.39, 0.29) is 30.4 Å². The lowest BCUT2D eigenvalue weighted by Crippen LogP contribution is -2.42. The lowest BCUT2D eigenvalue weighted by molar-refractivity contribution is -0.123. The number of carbonyl (C=O) groups excluding carboxylic acids is 2. The molecule has 1 aliphatic rings. The van der Waals surface area contributed by atoms with Gasteiger partial charge in [0.05, 0.1) is 17.0 Å². The van der Waals surface area contributed by atoms with Gasteiger partial charge in [-0.3, -0.25) is 19.3 Å². The van der Waals surface area contributed by atoms with E-state index in [9.17, 15) is 9.59 Å². The standard InChI is InChI=1S/C16H25N5O2.CH2O2/c1-10-15(11(2)20-9-19-10)16(23)18-8-13-6-5-12(21(13)4)7-14(22)17-3;2-1-3/h9,12-13H,5-8H2,1-4H3,(H,17,22)(H,18,23);1H,(H,2,3)/t12-,13+;/m1./s1. The second kappa shape index (κ2) is 10.4. The molecule has 1 aliphatic heterocycles. The highest BCUT2D eigenvalue weighted by Crippen LogP contribution is 2.24. The number of nitrogens with zero attached hydrogens (tertiary/aromatic N) is 3. The first-order valence-corrected chi connectivity index (χ1v) is 8.42. The molecule has 26 heavy (non-hydrogen) atoms. The number of hydrogen-bond acceptors (Lipinski definition) is 6. The average Bonchev–Trinajstić information content (AvgIpc) is 2.93. The van der Waals surface area contributed by atoms with E-state index < -0.39 is 0 Å². The Balaban J connectivity index is 0.00000105. The third kappa shape index (κ3) is 5.76. The molecule has 2 atom stereocenters. The molecule has 2 amide bonds. The molecule has 1 saturated heterocycles. The molecule has 0 aromatic carbocycles. The molecule has 0 bridgehead atoms. The van der Waals surface area contributed by atoms with Crippen LogP contribution in [-0.2, 0) is 9.59 Å². The number of likely N-dealkylation sites (N-methyl/N-ethyl adjacent to an activating group) is 1. The third-order valence-corrected chi connectivity index (χ3v) is 4.64. The predicted molar refractivity (Wildman–Crippen MR) is 95.8 cm³/mol. The minimum absolute atomic E-state index is 0.0548. The Morgan fingerprint density at radius 3 is 2.35 bits per heavy atom.